The number of amides is 1. The lowest BCUT2D eigenvalue weighted by atomic mass is 10.1. The van der Waals surface area contributed by atoms with E-state index in [4.69, 9.17) is 9.47 Å². The van der Waals surface area contributed by atoms with E-state index in [0.717, 1.165) is 32.5 Å². The van der Waals surface area contributed by atoms with Crippen LogP contribution in [0.25, 0.3) is 0 Å². The van der Waals surface area contributed by atoms with Crippen LogP contribution in [0.1, 0.15) is 18.4 Å². The van der Waals surface area contributed by atoms with Crippen molar-refractivity contribution in [1.82, 2.24) is 19.6 Å². The SMILES string of the molecule is CN(C)C(=O)COCC1C[C@@H]2[C@@H](C1)OCCN2Cc1cnn(C)c1. The molecule has 0 aromatic carbocycles. The highest BCUT2D eigenvalue weighted by atomic mass is 16.5. The summed E-state index contributed by atoms with van der Waals surface area (Å²) < 4.78 is 13.5. The van der Waals surface area contributed by atoms with Gasteiger partial charge in [0.25, 0.3) is 0 Å². The highest BCUT2D eigenvalue weighted by Crippen LogP contribution is 2.35. The third kappa shape index (κ3) is 4.15. The third-order valence-electron chi connectivity index (χ3n) is 4.97. The van der Waals surface area contributed by atoms with Gasteiger partial charge in [-0.2, -0.15) is 5.10 Å². The van der Waals surface area contributed by atoms with Crippen LogP contribution in [0.5, 0.6) is 0 Å². The largest absolute Gasteiger partial charge is 0.375 e. The first-order valence-electron chi connectivity index (χ1n) is 8.64. The lowest BCUT2D eigenvalue weighted by Gasteiger charge is -2.37. The maximum atomic E-state index is 11.6. The Balaban J connectivity index is 1.50. The molecule has 0 bridgehead atoms. The minimum atomic E-state index is 0.0138. The molecule has 3 atom stereocenters. The summed E-state index contributed by atoms with van der Waals surface area (Å²) in [6, 6.07) is 0.442. The first-order chi connectivity index (χ1) is 11.5. The van der Waals surface area contributed by atoms with Gasteiger partial charge in [0.05, 0.1) is 25.5 Å². The normalized spacial score (nSPS) is 27.2. The molecule has 1 aliphatic heterocycles. The second-order valence-electron chi connectivity index (χ2n) is 7.11. The molecule has 7 nitrogen and oxygen atoms in total. The first-order valence-corrected chi connectivity index (χ1v) is 8.64. The van der Waals surface area contributed by atoms with Gasteiger partial charge in [0, 0.05) is 52.0 Å². The van der Waals surface area contributed by atoms with Crippen LogP contribution in [-0.2, 0) is 27.9 Å². The Labute approximate surface area is 143 Å². The molecule has 0 N–H and O–H groups in total. The Morgan fingerprint density at radius 2 is 2.29 bits per heavy atom. The number of aromatic nitrogens is 2. The smallest absolute Gasteiger partial charge is 0.248 e. The van der Waals surface area contributed by atoms with Gasteiger partial charge in [-0.3, -0.25) is 14.4 Å². The molecule has 1 amide bonds. The standard InChI is InChI=1S/C17H28N4O3/c1-19(2)17(22)12-23-11-13-6-15-16(7-13)24-5-4-21(15)10-14-8-18-20(3)9-14/h8-9,13,15-16H,4-7,10-12H2,1-3H3/t13?,15-,16-/m1/s1. The Morgan fingerprint density at radius 3 is 3.00 bits per heavy atom. The van der Waals surface area contributed by atoms with E-state index in [9.17, 15) is 4.79 Å². The average molecular weight is 336 g/mol. The van der Waals surface area contributed by atoms with Gasteiger partial charge in [0.2, 0.25) is 5.91 Å². The zero-order valence-electron chi connectivity index (χ0n) is 14.9. The number of likely N-dealkylation sites (N-methyl/N-ethyl adjacent to an activating group) is 1. The van der Waals surface area contributed by atoms with E-state index >= 15 is 0 Å². The minimum absolute atomic E-state index is 0.0138. The molecule has 1 unspecified atom stereocenters. The van der Waals surface area contributed by atoms with Crippen molar-refractivity contribution in [2.24, 2.45) is 13.0 Å². The van der Waals surface area contributed by atoms with Gasteiger partial charge in [0.1, 0.15) is 6.61 Å². The second kappa shape index (κ2) is 7.63. The first kappa shape index (κ1) is 17.4. The molecule has 24 heavy (non-hydrogen) atoms. The van der Waals surface area contributed by atoms with E-state index in [1.54, 1.807) is 19.0 Å². The van der Waals surface area contributed by atoms with Crippen molar-refractivity contribution >= 4 is 5.91 Å². The molecule has 134 valence electrons. The maximum absolute atomic E-state index is 11.6. The number of carbonyl (C=O) groups excluding carboxylic acids is 1. The molecule has 1 aromatic rings. The number of carbonyl (C=O) groups is 1. The molecular formula is C17H28N4O3. The van der Waals surface area contributed by atoms with E-state index in [2.05, 4.69) is 16.2 Å². The van der Waals surface area contributed by atoms with Gasteiger partial charge >= 0.3 is 0 Å². The number of nitrogens with zero attached hydrogens (tertiary/aromatic N) is 4. The highest BCUT2D eigenvalue weighted by molar-refractivity contribution is 5.76. The van der Waals surface area contributed by atoms with Crippen LogP contribution in [0.3, 0.4) is 0 Å². The van der Waals surface area contributed by atoms with Crippen molar-refractivity contribution in [3.05, 3.63) is 18.0 Å². The summed E-state index contributed by atoms with van der Waals surface area (Å²) in [6.07, 6.45) is 6.39. The fourth-order valence-electron chi connectivity index (χ4n) is 3.69. The van der Waals surface area contributed by atoms with E-state index in [0.29, 0.717) is 18.6 Å². The number of ether oxygens (including phenoxy) is 2. The third-order valence-corrected chi connectivity index (χ3v) is 4.97. The fourth-order valence-corrected chi connectivity index (χ4v) is 3.69. The van der Waals surface area contributed by atoms with Gasteiger partial charge in [-0.1, -0.05) is 0 Å². The lowest BCUT2D eigenvalue weighted by Crippen LogP contribution is -2.47. The molecule has 1 saturated carbocycles. The molecule has 2 fully saturated rings. The molecular weight excluding hydrogens is 308 g/mol. The highest BCUT2D eigenvalue weighted by Gasteiger charge is 2.41. The number of hydrogen-bond donors (Lipinski definition) is 0. The Kier molecular flexibility index (Phi) is 5.53. The van der Waals surface area contributed by atoms with Crippen LogP contribution < -0.4 is 0 Å². The van der Waals surface area contributed by atoms with Crippen molar-refractivity contribution in [1.29, 1.82) is 0 Å². The molecule has 1 aromatic heterocycles. The average Bonchev–Trinajstić information content (AvgIpc) is 3.13. The zero-order chi connectivity index (χ0) is 17.1. The predicted molar refractivity (Wildman–Crippen MR) is 89.4 cm³/mol. The van der Waals surface area contributed by atoms with Gasteiger partial charge in [-0.05, 0) is 18.8 Å². The summed E-state index contributed by atoms with van der Waals surface area (Å²) in [5.74, 6) is 0.476. The molecule has 2 heterocycles. The van der Waals surface area contributed by atoms with Crippen LogP contribution in [0.4, 0.5) is 0 Å². The Morgan fingerprint density at radius 1 is 1.46 bits per heavy atom. The summed E-state index contributed by atoms with van der Waals surface area (Å²) in [7, 11) is 5.45. The second-order valence-corrected chi connectivity index (χ2v) is 7.11. The minimum Gasteiger partial charge on any atom is -0.375 e. The number of morpholine rings is 1. The fraction of sp³-hybridized carbons (Fsp3) is 0.765. The molecule has 1 saturated heterocycles. The molecule has 1 aliphatic carbocycles. The number of hydrogen-bond acceptors (Lipinski definition) is 5. The van der Waals surface area contributed by atoms with Crippen molar-refractivity contribution in [3.63, 3.8) is 0 Å². The summed E-state index contributed by atoms with van der Waals surface area (Å²) in [6.45, 7) is 3.47. The van der Waals surface area contributed by atoms with Crippen LogP contribution >= 0.6 is 0 Å². The zero-order valence-corrected chi connectivity index (χ0v) is 14.9. The molecule has 2 aliphatic rings. The molecule has 0 radical (unpaired) electrons. The van der Waals surface area contributed by atoms with Crippen LogP contribution in [-0.4, -0.2) is 78.1 Å². The summed E-state index contributed by atoms with van der Waals surface area (Å²) in [5, 5.41) is 4.26. The van der Waals surface area contributed by atoms with E-state index in [-0.39, 0.29) is 18.6 Å². The van der Waals surface area contributed by atoms with E-state index in [1.807, 2.05) is 17.9 Å². The topological polar surface area (TPSA) is 59.8 Å². The van der Waals surface area contributed by atoms with E-state index < -0.39 is 0 Å². The van der Waals surface area contributed by atoms with Crippen LogP contribution in [0.2, 0.25) is 0 Å². The number of aryl methyl sites for hydroxylation is 1. The van der Waals surface area contributed by atoms with Crippen LogP contribution in [0, 0.1) is 5.92 Å². The Hall–Kier alpha value is -1.44. The molecule has 3 rings (SSSR count). The van der Waals surface area contributed by atoms with Gasteiger partial charge < -0.3 is 14.4 Å². The number of fused-ring (bicyclic) bond motifs is 1. The van der Waals surface area contributed by atoms with Crippen LogP contribution in [0.15, 0.2) is 12.4 Å². The number of rotatable bonds is 6. The molecule has 7 heteroatoms. The van der Waals surface area contributed by atoms with Gasteiger partial charge in [0.15, 0.2) is 0 Å². The van der Waals surface area contributed by atoms with Crippen molar-refractivity contribution in [2.45, 2.75) is 31.5 Å². The van der Waals surface area contributed by atoms with Gasteiger partial charge in [-0.15, -0.1) is 0 Å². The molecule has 0 spiro atoms. The summed E-state index contributed by atoms with van der Waals surface area (Å²) >= 11 is 0. The maximum Gasteiger partial charge on any atom is 0.248 e. The van der Waals surface area contributed by atoms with E-state index in [1.165, 1.54) is 5.56 Å². The quantitative estimate of drug-likeness (QED) is 0.757. The van der Waals surface area contributed by atoms with Crippen molar-refractivity contribution in [3.8, 4) is 0 Å². The van der Waals surface area contributed by atoms with Crippen molar-refractivity contribution in [2.75, 3.05) is 40.5 Å². The monoisotopic (exact) mass is 336 g/mol. The summed E-state index contributed by atoms with van der Waals surface area (Å²) in [4.78, 5) is 15.7. The Bertz CT molecular complexity index is 560. The predicted octanol–water partition coefficient (Wildman–Crippen LogP) is 0.504. The van der Waals surface area contributed by atoms with Gasteiger partial charge in [-0.25, -0.2) is 0 Å². The van der Waals surface area contributed by atoms with Crippen molar-refractivity contribution < 1.29 is 14.3 Å². The summed E-state index contributed by atoms with van der Waals surface area (Å²) in [5.41, 5.74) is 1.24. The lowest BCUT2D eigenvalue weighted by molar-refractivity contribution is -0.134.